The van der Waals surface area contributed by atoms with Gasteiger partial charge in [-0.2, -0.15) is 0 Å². The van der Waals surface area contributed by atoms with Crippen LogP contribution in [-0.4, -0.2) is 93.3 Å². The van der Waals surface area contributed by atoms with Crippen LogP contribution >= 0.6 is 23.4 Å². The number of halogens is 1. The van der Waals surface area contributed by atoms with Crippen molar-refractivity contribution in [1.29, 1.82) is 0 Å². The number of alkyl halides is 1. The van der Waals surface area contributed by atoms with Gasteiger partial charge in [0.2, 0.25) is 11.8 Å². The van der Waals surface area contributed by atoms with Crippen LogP contribution in [0.2, 0.25) is 0 Å². The summed E-state index contributed by atoms with van der Waals surface area (Å²) in [6.45, 7) is 2.23. The summed E-state index contributed by atoms with van der Waals surface area (Å²) in [7, 11) is 0. The van der Waals surface area contributed by atoms with Crippen LogP contribution < -0.4 is 16.0 Å². The molecule has 0 spiro atoms. The first-order valence-electron chi connectivity index (χ1n) is 12.3. The first kappa shape index (κ1) is 28.4. The van der Waals surface area contributed by atoms with E-state index in [1.807, 2.05) is 6.08 Å². The van der Waals surface area contributed by atoms with Crippen molar-refractivity contribution in [3.63, 3.8) is 0 Å². The van der Waals surface area contributed by atoms with Gasteiger partial charge in [-0.25, -0.2) is 0 Å². The van der Waals surface area contributed by atoms with E-state index < -0.39 is 47.3 Å². The highest BCUT2D eigenvalue weighted by atomic mass is 35.5. The van der Waals surface area contributed by atoms with Gasteiger partial charge in [0, 0.05) is 12.1 Å². The Morgan fingerprint density at radius 1 is 1.23 bits per heavy atom. The molecule has 6 N–H and O–H groups in total. The summed E-state index contributed by atoms with van der Waals surface area (Å²) < 4.78 is 5.81. The molecule has 3 aliphatic rings. The fraction of sp³-hybridized carbons (Fsp3) is 0.750. The smallest absolute Gasteiger partial charge is 0.244 e. The van der Waals surface area contributed by atoms with Gasteiger partial charge in [0.25, 0.3) is 0 Å². The van der Waals surface area contributed by atoms with Gasteiger partial charge >= 0.3 is 0 Å². The SMILES string of the molecule is CS[C@H]1O[C@H]([C@H](NC(=O)[C@@H]2CC=C(/C=C/C(=O)NC3CCCC3)CCN2)[C@H](C)Cl)[C@H](O)[C@H](O)[C@H]1O. The lowest BCUT2D eigenvalue weighted by Gasteiger charge is -2.44. The number of nitrogens with one attached hydrogen (secondary N) is 3. The number of allylic oxidation sites excluding steroid dienone is 1. The van der Waals surface area contributed by atoms with Crippen molar-refractivity contribution in [2.45, 2.75) is 98.8 Å². The van der Waals surface area contributed by atoms with Crippen molar-refractivity contribution in [2.75, 3.05) is 12.8 Å². The van der Waals surface area contributed by atoms with Gasteiger partial charge in [0.05, 0.1) is 17.5 Å². The van der Waals surface area contributed by atoms with Crippen LogP contribution in [0.25, 0.3) is 0 Å². The van der Waals surface area contributed by atoms with E-state index in [0.29, 0.717) is 19.4 Å². The molecule has 2 amide bonds. The fourth-order valence-electron chi connectivity index (χ4n) is 4.79. The van der Waals surface area contributed by atoms with Gasteiger partial charge in [-0.3, -0.25) is 9.59 Å². The Kier molecular flexibility index (Phi) is 10.9. The average Bonchev–Trinajstić information content (AvgIpc) is 3.22. The largest absolute Gasteiger partial charge is 0.388 e. The van der Waals surface area contributed by atoms with Crippen molar-refractivity contribution in [3.8, 4) is 0 Å². The summed E-state index contributed by atoms with van der Waals surface area (Å²) >= 11 is 7.55. The molecule has 2 aliphatic heterocycles. The van der Waals surface area contributed by atoms with Crippen molar-refractivity contribution < 1.29 is 29.6 Å². The number of amides is 2. The number of aliphatic hydroxyl groups excluding tert-OH is 3. The van der Waals surface area contributed by atoms with E-state index in [-0.39, 0.29) is 17.9 Å². The molecular formula is C24H38ClN3O6S. The summed E-state index contributed by atoms with van der Waals surface area (Å²) in [5, 5.41) is 39.4. The minimum absolute atomic E-state index is 0.0925. The molecule has 2 fully saturated rings. The van der Waals surface area contributed by atoms with E-state index in [2.05, 4.69) is 16.0 Å². The number of rotatable bonds is 8. The zero-order valence-electron chi connectivity index (χ0n) is 20.2. The van der Waals surface area contributed by atoms with Crippen LogP contribution in [0.1, 0.15) is 45.4 Å². The minimum atomic E-state index is -1.42. The Hall–Kier alpha value is -1.14. The quantitative estimate of drug-likeness (QED) is 0.197. The maximum Gasteiger partial charge on any atom is 0.244 e. The van der Waals surface area contributed by atoms with E-state index in [1.54, 1.807) is 25.3 Å². The predicted molar refractivity (Wildman–Crippen MR) is 136 cm³/mol. The van der Waals surface area contributed by atoms with Gasteiger partial charge in [-0.05, 0) is 45.4 Å². The third-order valence-electron chi connectivity index (χ3n) is 6.88. The van der Waals surface area contributed by atoms with Crippen LogP contribution in [0.15, 0.2) is 23.8 Å². The molecule has 1 aliphatic carbocycles. The molecule has 1 saturated heterocycles. The van der Waals surface area contributed by atoms with E-state index >= 15 is 0 Å². The highest BCUT2D eigenvalue weighted by Gasteiger charge is 2.48. The first-order valence-corrected chi connectivity index (χ1v) is 14.0. The van der Waals surface area contributed by atoms with E-state index in [9.17, 15) is 24.9 Å². The Bertz CT molecular complexity index is 789. The molecule has 1 saturated carbocycles. The number of carbonyl (C=O) groups is 2. The Balaban J connectivity index is 1.59. The molecule has 35 heavy (non-hydrogen) atoms. The second-order valence-corrected chi connectivity index (χ2v) is 11.1. The second kappa shape index (κ2) is 13.4. The molecule has 0 bridgehead atoms. The maximum absolute atomic E-state index is 13.1. The van der Waals surface area contributed by atoms with E-state index in [1.165, 1.54) is 11.8 Å². The number of hydrogen-bond acceptors (Lipinski definition) is 8. The molecule has 0 radical (unpaired) electrons. The number of ether oxygens (including phenoxy) is 1. The number of hydrogen-bond donors (Lipinski definition) is 6. The lowest BCUT2D eigenvalue weighted by Crippen LogP contribution is -2.65. The molecule has 3 rings (SSSR count). The zero-order valence-corrected chi connectivity index (χ0v) is 21.8. The molecule has 198 valence electrons. The molecule has 0 aromatic carbocycles. The lowest BCUT2D eigenvalue weighted by atomic mass is 9.93. The van der Waals surface area contributed by atoms with E-state index in [0.717, 1.165) is 31.3 Å². The van der Waals surface area contributed by atoms with Crippen molar-refractivity contribution >= 4 is 35.2 Å². The molecule has 2 heterocycles. The summed E-state index contributed by atoms with van der Waals surface area (Å²) in [5.74, 6) is -0.398. The van der Waals surface area contributed by atoms with Gasteiger partial charge in [-0.15, -0.1) is 23.4 Å². The van der Waals surface area contributed by atoms with Crippen molar-refractivity contribution in [2.24, 2.45) is 0 Å². The topological polar surface area (TPSA) is 140 Å². The average molecular weight is 532 g/mol. The molecule has 0 aromatic heterocycles. The van der Waals surface area contributed by atoms with Crippen LogP contribution in [0.3, 0.4) is 0 Å². The predicted octanol–water partition coefficient (Wildman–Crippen LogP) is 0.563. The number of carbonyl (C=O) groups excluding carboxylic acids is 2. The maximum atomic E-state index is 13.1. The number of aliphatic hydroxyl groups is 3. The molecule has 11 heteroatoms. The standard InChI is InChI=1S/C24H38ClN3O6S/c1-13(25)18(22-20(31)19(30)21(32)24(34-22)35-2)28-23(33)16-9-7-14(11-12-26-16)8-10-17(29)27-15-5-3-4-6-15/h7-8,10,13,15-16,18-22,24,26,30-32H,3-6,9,11-12H2,1-2H3,(H,27,29)(H,28,33)/b10-8+/t13-,16-,18+,19-,20+,21+,22+,24+/m0/s1. The summed E-state index contributed by atoms with van der Waals surface area (Å²) in [6, 6.07) is -1.05. The highest BCUT2D eigenvalue weighted by Crippen LogP contribution is 2.30. The highest BCUT2D eigenvalue weighted by molar-refractivity contribution is 7.99. The van der Waals surface area contributed by atoms with Crippen LogP contribution in [0.4, 0.5) is 0 Å². The minimum Gasteiger partial charge on any atom is -0.388 e. The molecular weight excluding hydrogens is 494 g/mol. The van der Waals surface area contributed by atoms with Crippen molar-refractivity contribution in [1.82, 2.24) is 16.0 Å². The fourth-order valence-corrected chi connectivity index (χ4v) is 5.67. The Labute approximate surface area is 216 Å². The Morgan fingerprint density at radius 3 is 2.60 bits per heavy atom. The monoisotopic (exact) mass is 531 g/mol. The third kappa shape index (κ3) is 7.67. The molecule has 8 atom stereocenters. The summed E-state index contributed by atoms with van der Waals surface area (Å²) in [5.41, 5.74) is 0.218. The molecule has 9 nitrogen and oxygen atoms in total. The molecule has 0 unspecified atom stereocenters. The first-order chi connectivity index (χ1) is 16.7. The third-order valence-corrected chi connectivity index (χ3v) is 8.01. The zero-order chi connectivity index (χ0) is 25.5. The van der Waals surface area contributed by atoms with Gasteiger partial charge in [0.1, 0.15) is 29.9 Å². The Morgan fingerprint density at radius 2 is 1.94 bits per heavy atom. The summed E-state index contributed by atoms with van der Waals surface area (Å²) in [6.07, 6.45) is 7.44. The lowest BCUT2D eigenvalue weighted by molar-refractivity contribution is -0.205. The second-order valence-electron chi connectivity index (χ2n) is 9.48. The normalized spacial score (nSPS) is 34.2. The van der Waals surface area contributed by atoms with Crippen LogP contribution in [-0.2, 0) is 14.3 Å². The van der Waals surface area contributed by atoms with Gasteiger partial charge < -0.3 is 36.0 Å². The molecule has 0 aromatic rings. The van der Waals surface area contributed by atoms with Gasteiger partial charge in [-0.1, -0.05) is 30.6 Å². The van der Waals surface area contributed by atoms with Crippen molar-refractivity contribution in [3.05, 3.63) is 23.8 Å². The van der Waals surface area contributed by atoms with Gasteiger partial charge in [0.15, 0.2) is 0 Å². The van der Waals surface area contributed by atoms with Crippen LogP contribution in [0.5, 0.6) is 0 Å². The van der Waals surface area contributed by atoms with Crippen LogP contribution in [0, 0.1) is 0 Å². The van der Waals surface area contributed by atoms with E-state index in [4.69, 9.17) is 16.3 Å². The summed E-state index contributed by atoms with van der Waals surface area (Å²) in [4.78, 5) is 25.2. The number of thioether (sulfide) groups is 1.